The van der Waals surface area contributed by atoms with Gasteiger partial charge in [0.15, 0.2) is 0 Å². The van der Waals surface area contributed by atoms with Gasteiger partial charge in [0, 0.05) is 34.6 Å². The number of benzene rings is 2. The quantitative estimate of drug-likeness (QED) is 0.917. The summed E-state index contributed by atoms with van der Waals surface area (Å²) in [6.07, 6.45) is 6.28. The molecule has 0 amide bonds. The molecule has 2 saturated heterocycles. The van der Waals surface area contributed by atoms with Crippen molar-refractivity contribution in [1.82, 2.24) is 5.32 Å². The van der Waals surface area contributed by atoms with Crippen molar-refractivity contribution in [2.75, 3.05) is 11.4 Å². The van der Waals surface area contributed by atoms with Crippen LogP contribution in [-0.2, 0) is 0 Å². The van der Waals surface area contributed by atoms with E-state index in [0.29, 0.717) is 18.1 Å². The molecule has 2 aliphatic rings. The molecule has 3 nitrogen and oxygen atoms in total. The van der Waals surface area contributed by atoms with Gasteiger partial charge in [-0.3, -0.25) is 0 Å². The lowest BCUT2D eigenvalue weighted by molar-refractivity contribution is 0.357. The number of nitrogens with zero attached hydrogens (tertiary/aromatic N) is 2. The third kappa shape index (κ3) is 2.56. The highest BCUT2D eigenvalue weighted by atomic mass is 15.2. The molecular weight excluding hydrogens is 294 g/mol. The van der Waals surface area contributed by atoms with E-state index in [9.17, 15) is 5.26 Å². The largest absolute Gasteiger partial charge is 0.365 e. The molecule has 2 aromatic carbocycles. The lowest BCUT2D eigenvalue weighted by Crippen LogP contribution is -2.49. The van der Waals surface area contributed by atoms with Crippen molar-refractivity contribution in [3.05, 3.63) is 42.0 Å². The van der Waals surface area contributed by atoms with E-state index in [4.69, 9.17) is 0 Å². The standard InChI is InChI=1S/C21H25N3/c1-2-11-23-16-12-17-8-9-18(13-16)24(17)21-10-7-15(14-22)19-5-3-4-6-20(19)21/h3-7,10,16-18,23H,2,8-9,11-13H2,1H3. The molecule has 2 atom stereocenters. The van der Waals surface area contributed by atoms with Gasteiger partial charge in [0.2, 0.25) is 0 Å². The van der Waals surface area contributed by atoms with E-state index in [-0.39, 0.29) is 0 Å². The van der Waals surface area contributed by atoms with Crippen LogP contribution in [0.3, 0.4) is 0 Å². The first-order valence-corrected chi connectivity index (χ1v) is 9.25. The van der Waals surface area contributed by atoms with Crippen molar-refractivity contribution in [2.24, 2.45) is 0 Å². The number of hydrogen-bond acceptors (Lipinski definition) is 3. The van der Waals surface area contributed by atoms with Crippen molar-refractivity contribution in [3.63, 3.8) is 0 Å². The van der Waals surface area contributed by atoms with Gasteiger partial charge >= 0.3 is 0 Å². The first kappa shape index (κ1) is 15.5. The average molecular weight is 319 g/mol. The van der Waals surface area contributed by atoms with Gasteiger partial charge < -0.3 is 10.2 Å². The van der Waals surface area contributed by atoms with Crippen LogP contribution in [0.15, 0.2) is 36.4 Å². The van der Waals surface area contributed by atoms with Crippen LogP contribution in [0.2, 0.25) is 0 Å². The summed E-state index contributed by atoms with van der Waals surface area (Å²) in [4.78, 5) is 2.66. The lowest BCUT2D eigenvalue weighted by atomic mass is 9.94. The Kier molecular flexibility index (Phi) is 4.16. The zero-order chi connectivity index (χ0) is 16.5. The Bertz CT molecular complexity index is 762. The van der Waals surface area contributed by atoms with Crippen LogP contribution in [0.25, 0.3) is 10.8 Å². The van der Waals surface area contributed by atoms with Gasteiger partial charge in [-0.1, -0.05) is 31.2 Å². The number of piperidine rings is 1. The minimum atomic E-state index is 0.634. The summed E-state index contributed by atoms with van der Waals surface area (Å²) in [6.45, 7) is 3.36. The van der Waals surface area contributed by atoms with E-state index >= 15 is 0 Å². The third-order valence-corrected chi connectivity index (χ3v) is 5.72. The summed E-state index contributed by atoms with van der Waals surface area (Å²) < 4.78 is 0. The fraction of sp³-hybridized carbons (Fsp3) is 0.476. The van der Waals surface area contributed by atoms with Gasteiger partial charge in [-0.25, -0.2) is 0 Å². The van der Waals surface area contributed by atoms with Crippen LogP contribution in [0.1, 0.15) is 44.6 Å². The summed E-state index contributed by atoms with van der Waals surface area (Å²) in [5, 5.41) is 15.4. The van der Waals surface area contributed by atoms with Crippen molar-refractivity contribution in [1.29, 1.82) is 5.26 Å². The first-order chi connectivity index (χ1) is 11.8. The SMILES string of the molecule is CCCNC1CC2CCC(C1)N2c1ccc(C#N)c2ccccc12. The van der Waals surface area contributed by atoms with Gasteiger partial charge in [-0.2, -0.15) is 5.26 Å². The molecule has 0 radical (unpaired) electrons. The monoisotopic (exact) mass is 319 g/mol. The number of rotatable bonds is 4. The number of hydrogen-bond donors (Lipinski definition) is 1. The van der Waals surface area contributed by atoms with Gasteiger partial charge in [-0.15, -0.1) is 0 Å². The summed E-state index contributed by atoms with van der Waals surface area (Å²) in [5.41, 5.74) is 2.10. The molecule has 4 rings (SSSR count). The van der Waals surface area contributed by atoms with E-state index in [1.54, 1.807) is 0 Å². The van der Waals surface area contributed by atoms with E-state index in [0.717, 1.165) is 17.5 Å². The average Bonchev–Trinajstić information content (AvgIpc) is 2.88. The summed E-state index contributed by atoms with van der Waals surface area (Å²) in [7, 11) is 0. The summed E-state index contributed by atoms with van der Waals surface area (Å²) in [6, 6.07) is 16.8. The van der Waals surface area contributed by atoms with Gasteiger partial charge in [-0.05, 0) is 50.8 Å². The maximum atomic E-state index is 9.40. The summed E-state index contributed by atoms with van der Waals surface area (Å²) >= 11 is 0. The number of fused-ring (bicyclic) bond motifs is 3. The van der Waals surface area contributed by atoms with Crippen LogP contribution in [-0.4, -0.2) is 24.7 Å². The Labute approximate surface area is 144 Å². The highest BCUT2D eigenvalue weighted by Gasteiger charge is 2.41. The molecule has 1 N–H and O–H groups in total. The second kappa shape index (κ2) is 6.45. The van der Waals surface area contributed by atoms with Crippen LogP contribution in [0.4, 0.5) is 5.69 Å². The number of nitrogens with one attached hydrogen (secondary N) is 1. The molecule has 2 bridgehead atoms. The second-order valence-corrected chi connectivity index (χ2v) is 7.20. The molecule has 3 heteroatoms. The minimum absolute atomic E-state index is 0.634. The summed E-state index contributed by atoms with van der Waals surface area (Å²) in [5.74, 6) is 0. The van der Waals surface area contributed by atoms with Crippen LogP contribution >= 0.6 is 0 Å². The predicted octanol–water partition coefficient (Wildman–Crippen LogP) is 4.21. The Hall–Kier alpha value is -2.05. The Balaban J connectivity index is 1.69. The number of nitriles is 1. The molecule has 2 heterocycles. The number of anilines is 1. The van der Waals surface area contributed by atoms with Crippen molar-refractivity contribution in [2.45, 2.75) is 57.2 Å². The van der Waals surface area contributed by atoms with Gasteiger partial charge in [0.1, 0.15) is 0 Å². The normalized spacial score (nSPS) is 25.8. The van der Waals surface area contributed by atoms with Crippen molar-refractivity contribution < 1.29 is 0 Å². The fourth-order valence-electron chi connectivity index (χ4n) is 4.69. The Morgan fingerprint density at radius 2 is 1.79 bits per heavy atom. The smallest absolute Gasteiger partial charge is 0.0998 e. The Morgan fingerprint density at radius 3 is 2.46 bits per heavy atom. The molecule has 0 saturated carbocycles. The second-order valence-electron chi connectivity index (χ2n) is 7.20. The van der Waals surface area contributed by atoms with E-state index in [1.165, 1.54) is 43.2 Å². The molecule has 0 aromatic heterocycles. The molecule has 24 heavy (non-hydrogen) atoms. The molecule has 2 aliphatic heterocycles. The Morgan fingerprint density at radius 1 is 1.08 bits per heavy atom. The van der Waals surface area contributed by atoms with E-state index < -0.39 is 0 Å². The first-order valence-electron chi connectivity index (χ1n) is 9.25. The minimum Gasteiger partial charge on any atom is -0.365 e. The lowest BCUT2D eigenvalue weighted by Gasteiger charge is -2.41. The van der Waals surface area contributed by atoms with E-state index in [2.05, 4.69) is 47.5 Å². The highest BCUT2D eigenvalue weighted by molar-refractivity contribution is 5.98. The zero-order valence-electron chi connectivity index (χ0n) is 14.3. The van der Waals surface area contributed by atoms with Crippen LogP contribution < -0.4 is 10.2 Å². The molecule has 2 fully saturated rings. The van der Waals surface area contributed by atoms with Gasteiger partial charge in [0.25, 0.3) is 0 Å². The molecular formula is C21H25N3. The maximum absolute atomic E-state index is 9.40. The zero-order valence-corrected chi connectivity index (χ0v) is 14.3. The van der Waals surface area contributed by atoms with E-state index in [1.807, 2.05) is 12.1 Å². The predicted molar refractivity (Wildman–Crippen MR) is 99.3 cm³/mol. The molecule has 2 aromatic rings. The topological polar surface area (TPSA) is 39.1 Å². The molecule has 0 spiro atoms. The third-order valence-electron chi connectivity index (χ3n) is 5.72. The highest BCUT2D eigenvalue weighted by Crippen LogP contribution is 2.42. The van der Waals surface area contributed by atoms with Crippen molar-refractivity contribution >= 4 is 16.5 Å². The van der Waals surface area contributed by atoms with Crippen LogP contribution in [0, 0.1) is 11.3 Å². The van der Waals surface area contributed by atoms with Crippen LogP contribution in [0.5, 0.6) is 0 Å². The molecule has 124 valence electrons. The van der Waals surface area contributed by atoms with Crippen molar-refractivity contribution in [3.8, 4) is 6.07 Å². The molecule has 2 unspecified atom stereocenters. The maximum Gasteiger partial charge on any atom is 0.0998 e. The van der Waals surface area contributed by atoms with Gasteiger partial charge in [0.05, 0.1) is 11.6 Å². The molecule has 0 aliphatic carbocycles. The fourth-order valence-corrected chi connectivity index (χ4v) is 4.69.